The number of hydrogen-bond donors (Lipinski definition) is 3. The lowest BCUT2D eigenvalue weighted by Gasteiger charge is -2.10. The molecule has 3 aromatic carbocycles. The molecule has 3 aromatic rings. The van der Waals surface area contributed by atoms with Gasteiger partial charge < -0.3 is 11.1 Å². The molecule has 0 saturated heterocycles. The van der Waals surface area contributed by atoms with Crippen molar-refractivity contribution in [2.24, 2.45) is 5.73 Å². The van der Waals surface area contributed by atoms with Gasteiger partial charge >= 0.3 is 0 Å². The third kappa shape index (κ3) is 5.64. The Kier molecular flexibility index (Phi) is 6.30. The number of nitrogens with two attached hydrogens (primary N) is 1. The standard InChI is InChI=1S/C21H17F2N3O4S/c22-18-10-9-17(12-19(18)23)31(29,30)26-16-7-3-14(4-8-16)21(28)25-15-5-1-13(2-6-15)11-20(24)27/h1-10,12,26H,11H2,(H2,24,27)(H,25,28). The molecule has 2 amide bonds. The molecule has 0 fully saturated rings. The van der Waals surface area contributed by atoms with Crippen molar-refractivity contribution in [3.05, 3.63) is 89.5 Å². The van der Waals surface area contributed by atoms with Gasteiger partial charge in [0.2, 0.25) is 5.91 Å². The minimum atomic E-state index is -4.14. The van der Waals surface area contributed by atoms with E-state index in [2.05, 4.69) is 10.0 Å². The van der Waals surface area contributed by atoms with E-state index in [1.165, 1.54) is 24.3 Å². The summed E-state index contributed by atoms with van der Waals surface area (Å²) in [6.07, 6.45) is 0.0934. The van der Waals surface area contributed by atoms with Gasteiger partial charge in [0.1, 0.15) is 0 Å². The summed E-state index contributed by atoms with van der Waals surface area (Å²) < 4.78 is 53.2. The molecule has 160 valence electrons. The van der Waals surface area contributed by atoms with Crippen LogP contribution in [-0.4, -0.2) is 20.2 Å². The third-order valence-electron chi connectivity index (χ3n) is 4.19. The average Bonchev–Trinajstić information content (AvgIpc) is 2.71. The SMILES string of the molecule is NC(=O)Cc1ccc(NC(=O)c2ccc(NS(=O)(=O)c3ccc(F)c(F)c3)cc2)cc1. The number of halogens is 2. The number of primary amides is 1. The molecule has 10 heteroatoms. The van der Waals surface area contributed by atoms with E-state index in [4.69, 9.17) is 5.73 Å². The molecule has 0 unspecified atom stereocenters. The van der Waals surface area contributed by atoms with Crippen LogP contribution in [0.5, 0.6) is 0 Å². The Morgan fingerprint density at radius 2 is 1.45 bits per heavy atom. The lowest BCUT2D eigenvalue weighted by molar-refractivity contribution is -0.117. The van der Waals surface area contributed by atoms with Crippen molar-refractivity contribution in [3.8, 4) is 0 Å². The van der Waals surface area contributed by atoms with Crippen LogP contribution < -0.4 is 15.8 Å². The Morgan fingerprint density at radius 3 is 2.03 bits per heavy atom. The molecule has 3 rings (SSSR count). The van der Waals surface area contributed by atoms with E-state index < -0.39 is 38.4 Å². The van der Waals surface area contributed by atoms with Crippen molar-refractivity contribution >= 4 is 33.2 Å². The predicted molar refractivity (Wildman–Crippen MR) is 111 cm³/mol. The molecule has 0 heterocycles. The summed E-state index contributed by atoms with van der Waals surface area (Å²) in [7, 11) is -4.14. The number of nitrogens with one attached hydrogen (secondary N) is 2. The van der Waals surface area contributed by atoms with Gasteiger partial charge in [0, 0.05) is 16.9 Å². The molecule has 0 aromatic heterocycles. The fourth-order valence-electron chi connectivity index (χ4n) is 2.66. The van der Waals surface area contributed by atoms with Crippen LogP contribution in [0.1, 0.15) is 15.9 Å². The largest absolute Gasteiger partial charge is 0.369 e. The molecule has 0 bridgehead atoms. The molecule has 4 N–H and O–H groups in total. The van der Waals surface area contributed by atoms with Gasteiger partial charge in [-0.2, -0.15) is 0 Å². The minimum absolute atomic E-state index is 0.0934. The van der Waals surface area contributed by atoms with Crippen LogP contribution in [0.15, 0.2) is 71.6 Å². The first kappa shape index (κ1) is 21.9. The Bertz CT molecular complexity index is 1230. The van der Waals surface area contributed by atoms with Crippen LogP contribution in [0.2, 0.25) is 0 Å². The van der Waals surface area contributed by atoms with Gasteiger partial charge in [0.05, 0.1) is 11.3 Å². The van der Waals surface area contributed by atoms with Crippen molar-refractivity contribution < 1.29 is 26.8 Å². The molecule has 0 atom stereocenters. The van der Waals surface area contributed by atoms with E-state index in [-0.39, 0.29) is 17.7 Å². The summed E-state index contributed by atoms with van der Waals surface area (Å²) in [5.41, 5.74) is 6.74. The highest BCUT2D eigenvalue weighted by Crippen LogP contribution is 2.19. The van der Waals surface area contributed by atoms with E-state index in [0.717, 1.165) is 12.1 Å². The Balaban J connectivity index is 1.67. The van der Waals surface area contributed by atoms with Crippen LogP contribution in [0.25, 0.3) is 0 Å². The molecule has 7 nitrogen and oxygen atoms in total. The number of rotatable bonds is 7. The molecule has 0 aliphatic rings. The molecular weight excluding hydrogens is 428 g/mol. The average molecular weight is 445 g/mol. The van der Waals surface area contributed by atoms with Gasteiger partial charge in [-0.3, -0.25) is 14.3 Å². The molecule has 0 saturated carbocycles. The first-order valence-electron chi connectivity index (χ1n) is 8.90. The van der Waals surface area contributed by atoms with E-state index in [1.807, 2.05) is 0 Å². The number of sulfonamides is 1. The predicted octanol–water partition coefficient (Wildman–Crippen LogP) is 3.05. The summed E-state index contributed by atoms with van der Waals surface area (Å²) >= 11 is 0. The normalized spacial score (nSPS) is 11.0. The highest BCUT2D eigenvalue weighted by molar-refractivity contribution is 7.92. The van der Waals surface area contributed by atoms with Gasteiger partial charge in [-0.1, -0.05) is 12.1 Å². The lowest BCUT2D eigenvalue weighted by atomic mass is 10.1. The van der Waals surface area contributed by atoms with E-state index in [0.29, 0.717) is 17.3 Å². The number of carbonyl (C=O) groups excluding carboxylic acids is 2. The van der Waals surface area contributed by atoms with Gasteiger partial charge in [0.15, 0.2) is 11.6 Å². The van der Waals surface area contributed by atoms with Crippen LogP contribution >= 0.6 is 0 Å². The zero-order valence-corrected chi connectivity index (χ0v) is 16.7. The van der Waals surface area contributed by atoms with Crippen molar-refractivity contribution in [1.29, 1.82) is 0 Å². The molecular formula is C21H17F2N3O4S. The Morgan fingerprint density at radius 1 is 0.839 bits per heavy atom. The fourth-order valence-corrected chi connectivity index (χ4v) is 3.73. The third-order valence-corrected chi connectivity index (χ3v) is 5.57. The number of benzene rings is 3. The zero-order chi connectivity index (χ0) is 22.6. The molecule has 0 radical (unpaired) electrons. The van der Waals surface area contributed by atoms with Gasteiger partial charge in [-0.25, -0.2) is 17.2 Å². The maximum Gasteiger partial charge on any atom is 0.261 e. The van der Waals surface area contributed by atoms with Crippen molar-refractivity contribution in [2.75, 3.05) is 10.0 Å². The summed E-state index contributed by atoms with van der Waals surface area (Å²) in [6.45, 7) is 0. The molecule has 0 spiro atoms. The first-order valence-corrected chi connectivity index (χ1v) is 10.4. The van der Waals surface area contributed by atoms with Crippen molar-refractivity contribution in [2.45, 2.75) is 11.3 Å². The topological polar surface area (TPSA) is 118 Å². The quantitative estimate of drug-likeness (QED) is 0.518. The maximum absolute atomic E-state index is 13.3. The molecule has 31 heavy (non-hydrogen) atoms. The first-order chi connectivity index (χ1) is 14.6. The number of hydrogen-bond acceptors (Lipinski definition) is 4. The second-order valence-corrected chi connectivity index (χ2v) is 8.24. The van der Waals surface area contributed by atoms with E-state index >= 15 is 0 Å². The monoisotopic (exact) mass is 445 g/mol. The Hall–Kier alpha value is -3.79. The minimum Gasteiger partial charge on any atom is -0.369 e. The van der Waals surface area contributed by atoms with Crippen molar-refractivity contribution in [1.82, 2.24) is 0 Å². The second-order valence-electron chi connectivity index (χ2n) is 6.55. The lowest BCUT2D eigenvalue weighted by Crippen LogP contribution is -2.15. The molecule has 0 aliphatic heterocycles. The highest BCUT2D eigenvalue weighted by atomic mass is 32.2. The fraction of sp³-hybridized carbons (Fsp3) is 0.0476. The number of anilines is 2. The van der Waals surface area contributed by atoms with Gasteiger partial charge in [0.25, 0.3) is 15.9 Å². The summed E-state index contributed by atoms with van der Waals surface area (Å²) in [5, 5.41) is 2.67. The number of carbonyl (C=O) groups is 2. The summed E-state index contributed by atoms with van der Waals surface area (Å²) in [5.74, 6) is -3.33. The molecule has 0 aliphatic carbocycles. The maximum atomic E-state index is 13.3. The Labute approximate surface area is 176 Å². The summed E-state index contributed by atoms with van der Waals surface area (Å²) in [6, 6.07) is 14.3. The van der Waals surface area contributed by atoms with Crippen molar-refractivity contribution in [3.63, 3.8) is 0 Å². The number of amides is 2. The van der Waals surface area contributed by atoms with E-state index in [1.54, 1.807) is 24.3 Å². The van der Waals surface area contributed by atoms with Crippen LogP contribution in [0.4, 0.5) is 20.2 Å². The van der Waals surface area contributed by atoms with Crippen LogP contribution in [0.3, 0.4) is 0 Å². The highest BCUT2D eigenvalue weighted by Gasteiger charge is 2.17. The second kappa shape index (κ2) is 8.92. The van der Waals surface area contributed by atoms with Crippen LogP contribution in [0, 0.1) is 11.6 Å². The van der Waals surface area contributed by atoms with Gasteiger partial charge in [-0.15, -0.1) is 0 Å². The van der Waals surface area contributed by atoms with Crippen LogP contribution in [-0.2, 0) is 21.2 Å². The zero-order valence-electron chi connectivity index (χ0n) is 15.9. The van der Waals surface area contributed by atoms with Gasteiger partial charge in [-0.05, 0) is 60.2 Å². The van der Waals surface area contributed by atoms with E-state index in [9.17, 15) is 26.8 Å². The summed E-state index contributed by atoms with van der Waals surface area (Å²) in [4.78, 5) is 22.8. The smallest absolute Gasteiger partial charge is 0.261 e.